The van der Waals surface area contributed by atoms with Gasteiger partial charge in [-0.2, -0.15) is 0 Å². The number of nitrogens with one attached hydrogen (secondary N) is 1. The second-order valence-electron chi connectivity index (χ2n) is 10.2. The van der Waals surface area contributed by atoms with Crippen LogP contribution in [0.25, 0.3) is 22.2 Å². The molecule has 29 heavy (non-hydrogen) atoms. The molecule has 0 aliphatic heterocycles. The maximum absolute atomic E-state index is 4.19. The number of nitrogens with zero attached hydrogens (tertiary/aromatic N) is 1. The van der Waals surface area contributed by atoms with Crippen molar-refractivity contribution in [1.29, 1.82) is 0 Å². The van der Waals surface area contributed by atoms with Gasteiger partial charge in [-0.3, -0.25) is 0 Å². The summed E-state index contributed by atoms with van der Waals surface area (Å²) in [4.78, 5) is 0. The summed E-state index contributed by atoms with van der Waals surface area (Å²) in [6, 6.07) is 15.8. The molecule has 2 aromatic carbocycles. The van der Waals surface area contributed by atoms with Crippen LogP contribution in [0.3, 0.4) is 0 Å². The summed E-state index contributed by atoms with van der Waals surface area (Å²) < 4.78 is 13.4. The van der Waals surface area contributed by atoms with E-state index in [1.165, 1.54) is 32.2 Å². The van der Waals surface area contributed by atoms with Crippen LogP contribution in [-0.2, 0) is 24.7 Å². The van der Waals surface area contributed by atoms with Gasteiger partial charge in [-0.15, -0.1) is 24.8 Å². The maximum atomic E-state index is 4.19. The Labute approximate surface area is 198 Å². The topological polar surface area (TPSA) is 17.0 Å². The van der Waals surface area contributed by atoms with Crippen molar-refractivity contribution in [3.8, 4) is 11.3 Å². The summed E-state index contributed by atoms with van der Waals surface area (Å²) in [5.41, 5.74) is 7.31. The van der Waals surface area contributed by atoms with E-state index in [9.17, 15) is 0 Å². The Morgan fingerprint density at radius 3 is 2.31 bits per heavy atom. The molecule has 1 atom stereocenters. The van der Waals surface area contributed by atoms with Gasteiger partial charge in [0.15, 0.2) is 0 Å². The van der Waals surface area contributed by atoms with E-state index in [4.69, 9.17) is 0 Å². The van der Waals surface area contributed by atoms with Crippen molar-refractivity contribution in [3.05, 3.63) is 58.1 Å². The molecule has 3 aromatic rings. The molecule has 1 N–H and O–H groups in total. The number of hydrogen-bond donors (Lipinski definition) is 1. The second-order valence-corrected chi connectivity index (χ2v) is 39.8. The summed E-state index contributed by atoms with van der Waals surface area (Å²) in [7, 11) is 2.22. The quantitative estimate of drug-likeness (QED) is 0.336. The number of aromatic nitrogens is 1. The molecule has 2 nitrogen and oxygen atoms in total. The standard InChI is InChI=1S/C16H11BrN.C4H10N.2CH3.2ClH.H2Si.Zr/c1-18-15-5-3-2-4-13(15)14-9-10-8-11(17)6-7-12(10)16(14)18;1-4(2,3)5;;;;;;/h2-9H,1H3;5H,1-3H3;2*1H3;2*1H;1H2;/q;-1;;;;;;+1. The van der Waals surface area contributed by atoms with Crippen LogP contribution in [0.15, 0.2) is 46.9 Å². The first-order chi connectivity index (χ1) is 12.4. The number of hydrogen-bond acceptors (Lipinski definition) is 1. The Morgan fingerprint density at radius 2 is 1.69 bits per heavy atom. The van der Waals surface area contributed by atoms with Gasteiger partial charge in [0, 0.05) is 0 Å². The average Bonchev–Trinajstić information content (AvgIpc) is 2.99. The monoisotopic (exact) mass is 590 g/mol. The summed E-state index contributed by atoms with van der Waals surface area (Å²) >= 11 is 0.381. The van der Waals surface area contributed by atoms with Crippen molar-refractivity contribution in [2.45, 2.75) is 39.2 Å². The molecule has 7 heteroatoms. The minimum absolute atomic E-state index is 0. The Bertz CT molecular complexity index is 1160. The van der Waals surface area contributed by atoms with Crippen molar-refractivity contribution in [2.24, 2.45) is 7.05 Å². The SMILES string of the molecule is Cl.Cl.Cn1c2c(c3ccccc31)[CH]([Zr]([CH3])([CH3])(=[SiH2])[NH]C(C)(C)C)c1cc(Br)ccc1-2. The van der Waals surface area contributed by atoms with Gasteiger partial charge in [0.2, 0.25) is 0 Å². The van der Waals surface area contributed by atoms with E-state index in [1.54, 1.807) is 5.56 Å². The van der Waals surface area contributed by atoms with Gasteiger partial charge in [-0.25, -0.2) is 0 Å². The summed E-state index contributed by atoms with van der Waals surface area (Å²) in [5, 5.41) is 1.42. The van der Waals surface area contributed by atoms with Crippen LogP contribution in [0.4, 0.5) is 0 Å². The molecule has 1 aliphatic rings. The molecular weight excluding hydrogens is 562 g/mol. The fourth-order valence-electron chi connectivity index (χ4n) is 5.45. The van der Waals surface area contributed by atoms with Gasteiger partial charge in [-0.05, 0) is 0 Å². The van der Waals surface area contributed by atoms with Crippen molar-refractivity contribution in [1.82, 2.24) is 7.83 Å². The van der Waals surface area contributed by atoms with Gasteiger partial charge >= 0.3 is 175 Å². The molecule has 0 fully saturated rings. The molecule has 1 heterocycles. The Morgan fingerprint density at radius 1 is 1.07 bits per heavy atom. The zero-order valence-electron chi connectivity index (χ0n) is 18.0. The molecule has 1 aliphatic carbocycles. The van der Waals surface area contributed by atoms with Gasteiger partial charge in [-0.1, -0.05) is 0 Å². The minimum atomic E-state index is -3.36. The van der Waals surface area contributed by atoms with Crippen molar-refractivity contribution < 1.29 is 17.7 Å². The molecule has 4 rings (SSSR count). The van der Waals surface area contributed by atoms with Crippen LogP contribution in [0, 0.1) is 0 Å². The molecule has 0 spiro atoms. The third-order valence-electron chi connectivity index (χ3n) is 5.73. The van der Waals surface area contributed by atoms with E-state index >= 15 is 0 Å². The summed E-state index contributed by atoms with van der Waals surface area (Å²) in [6.45, 7) is 9.22. The first-order valence-corrected chi connectivity index (χ1v) is 23.9. The molecule has 0 amide bonds. The summed E-state index contributed by atoms with van der Waals surface area (Å²) in [6.07, 6.45) is 0. The van der Waals surface area contributed by atoms with Crippen molar-refractivity contribution >= 4 is 58.5 Å². The van der Waals surface area contributed by atoms with Gasteiger partial charge in [0.25, 0.3) is 0 Å². The van der Waals surface area contributed by atoms with Crippen LogP contribution in [0.2, 0.25) is 9.26 Å². The van der Waals surface area contributed by atoms with Gasteiger partial charge in [0.05, 0.1) is 0 Å². The van der Waals surface area contributed by atoms with Crippen LogP contribution >= 0.6 is 40.7 Å². The third kappa shape index (κ3) is 4.25. The van der Waals surface area contributed by atoms with Crippen LogP contribution < -0.4 is 3.26 Å². The number of para-hydroxylation sites is 1. The van der Waals surface area contributed by atoms with Crippen molar-refractivity contribution in [2.75, 3.05) is 0 Å². The van der Waals surface area contributed by atoms with E-state index in [1.807, 2.05) is 0 Å². The molecule has 1 unspecified atom stereocenters. The fourth-order valence-corrected chi connectivity index (χ4v) is 23.9. The number of fused-ring (bicyclic) bond motifs is 5. The van der Waals surface area contributed by atoms with Crippen LogP contribution in [0.1, 0.15) is 35.5 Å². The number of aryl methyl sites for hydroxylation is 1. The Balaban J connectivity index is 0.00000150. The predicted octanol–water partition coefficient (Wildman–Crippen LogP) is 6.49. The van der Waals surface area contributed by atoms with E-state index in [2.05, 4.69) is 110 Å². The van der Waals surface area contributed by atoms with Gasteiger partial charge < -0.3 is 0 Å². The molecular formula is C22H31BrCl2N2SiZr. The third-order valence-corrected chi connectivity index (χ3v) is 19.6. The molecule has 0 bridgehead atoms. The first-order valence-electron chi connectivity index (χ1n) is 9.62. The zero-order valence-corrected chi connectivity index (χ0v) is 25.1. The molecule has 0 saturated carbocycles. The first kappa shape index (κ1) is 25.4. The average molecular weight is 594 g/mol. The molecule has 1 aromatic heterocycles. The number of halogens is 3. The second kappa shape index (κ2) is 7.90. The van der Waals surface area contributed by atoms with Crippen molar-refractivity contribution in [3.63, 3.8) is 0 Å². The number of benzene rings is 2. The van der Waals surface area contributed by atoms with E-state index in [0.717, 1.165) is 0 Å². The predicted molar refractivity (Wildman–Crippen MR) is 136 cm³/mol. The van der Waals surface area contributed by atoms with Crippen LogP contribution in [0.5, 0.6) is 0 Å². The molecule has 0 radical (unpaired) electrons. The van der Waals surface area contributed by atoms with E-state index in [-0.39, 0.29) is 30.4 Å². The van der Waals surface area contributed by atoms with Crippen LogP contribution in [-0.4, -0.2) is 17.0 Å². The van der Waals surface area contributed by atoms with E-state index in [0.29, 0.717) is 3.63 Å². The zero-order chi connectivity index (χ0) is 19.8. The number of rotatable bonds is 2. The van der Waals surface area contributed by atoms with Gasteiger partial charge in [0.1, 0.15) is 0 Å². The Hall–Kier alpha value is 0.1000. The fraction of sp³-hybridized carbons (Fsp3) is 0.364. The molecule has 0 saturated heterocycles. The summed E-state index contributed by atoms with van der Waals surface area (Å²) in [5.74, 6) is 0. The normalized spacial score (nSPS) is 16.1. The van der Waals surface area contributed by atoms with E-state index < -0.39 is 17.7 Å². The molecule has 158 valence electrons. The Kier molecular flexibility index (Phi) is 6.91.